The number of H-pyrrole nitrogens is 1. The van der Waals surface area contributed by atoms with E-state index < -0.39 is 0 Å². The molecule has 1 aliphatic rings. The minimum absolute atomic E-state index is 0.544. The van der Waals surface area contributed by atoms with Gasteiger partial charge in [-0.2, -0.15) is 5.10 Å². The van der Waals surface area contributed by atoms with E-state index in [4.69, 9.17) is 27.1 Å². The van der Waals surface area contributed by atoms with Crippen molar-refractivity contribution in [1.82, 2.24) is 25.1 Å². The fourth-order valence-corrected chi connectivity index (χ4v) is 4.34. The zero-order valence-corrected chi connectivity index (χ0v) is 19.8. The van der Waals surface area contributed by atoms with Crippen molar-refractivity contribution in [3.63, 3.8) is 0 Å². The molecule has 0 amide bonds. The van der Waals surface area contributed by atoms with Crippen LogP contribution in [0.15, 0.2) is 60.9 Å². The lowest BCUT2D eigenvalue weighted by molar-refractivity contribution is 0.160. The summed E-state index contributed by atoms with van der Waals surface area (Å²) in [6.45, 7) is 2.94. The van der Waals surface area contributed by atoms with Crippen LogP contribution in [0.25, 0.3) is 33.9 Å². The molecule has 0 radical (unpaired) electrons. The van der Waals surface area contributed by atoms with Crippen molar-refractivity contribution < 1.29 is 4.74 Å². The Morgan fingerprint density at radius 1 is 1.09 bits per heavy atom. The second kappa shape index (κ2) is 9.83. The topological polar surface area (TPSA) is 93.0 Å². The molecule has 8 heteroatoms. The first-order chi connectivity index (χ1) is 16.6. The summed E-state index contributed by atoms with van der Waals surface area (Å²) in [5.74, 6) is 1.90. The number of halogens is 1. The van der Waals surface area contributed by atoms with Crippen LogP contribution in [0.3, 0.4) is 0 Å². The Morgan fingerprint density at radius 3 is 2.68 bits per heavy atom. The summed E-state index contributed by atoms with van der Waals surface area (Å²) >= 11 is 6.05. The molecule has 0 aliphatic carbocycles. The first-order valence-electron chi connectivity index (χ1n) is 11.4. The average molecular weight is 475 g/mol. The highest BCUT2D eigenvalue weighted by atomic mass is 35.5. The van der Waals surface area contributed by atoms with Gasteiger partial charge in [0.1, 0.15) is 11.4 Å². The van der Waals surface area contributed by atoms with Crippen LogP contribution in [0.2, 0.25) is 5.02 Å². The van der Waals surface area contributed by atoms with Crippen molar-refractivity contribution in [3.05, 3.63) is 65.9 Å². The molecular formula is C26H27ClN6O. The maximum Gasteiger partial charge on any atom is 0.161 e. The Balaban J connectivity index is 1.39. The highest BCUT2D eigenvalue weighted by Crippen LogP contribution is 2.33. The third-order valence-corrected chi connectivity index (χ3v) is 6.53. The highest BCUT2D eigenvalue weighted by molar-refractivity contribution is 6.30. The van der Waals surface area contributed by atoms with E-state index in [0.717, 1.165) is 59.8 Å². The van der Waals surface area contributed by atoms with Crippen LogP contribution in [-0.4, -0.2) is 51.8 Å². The molecule has 4 aromatic rings. The van der Waals surface area contributed by atoms with Gasteiger partial charge in [-0.25, -0.2) is 9.97 Å². The number of piperidine rings is 1. The van der Waals surface area contributed by atoms with Crippen molar-refractivity contribution in [3.8, 4) is 39.7 Å². The predicted molar refractivity (Wildman–Crippen MR) is 136 cm³/mol. The van der Waals surface area contributed by atoms with Crippen molar-refractivity contribution in [2.45, 2.75) is 12.8 Å². The Hall–Kier alpha value is -3.42. The average Bonchev–Trinajstić information content (AvgIpc) is 3.35. The largest absolute Gasteiger partial charge is 0.493 e. The Labute approximate surface area is 204 Å². The Morgan fingerprint density at radius 2 is 1.88 bits per heavy atom. The normalized spacial score (nSPS) is 14.9. The summed E-state index contributed by atoms with van der Waals surface area (Å²) < 4.78 is 6.13. The molecule has 1 saturated heterocycles. The minimum Gasteiger partial charge on any atom is -0.493 e. The summed E-state index contributed by atoms with van der Waals surface area (Å²) in [4.78, 5) is 11.7. The van der Waals surface area contributed by atoms with Gasteiger partial charge in [-0.1, -0.05) is 23.7 Å². The Kier molecular flexibility index (Phi) is 6.47. The summed E-state index contributed by atoms with van der Waals surface area (Å²) in [5.41, 5.74) is 11.0. The van der Waals surface area contributed by atoms with Crippen molar-refractivity contribution in [2.75, 3.05) is 32.5 Å². The van der Waals surface area contributed by atoms with Gasteiger partial charge < -0.3 is 15.4 Å². The zero-order chi connectivity index (χ0) is 23.5. The lowest BCUT2D eigenvalue weighted by Gasteiger charge is -2.28. The van der Waals surface area contributed by atoms with E-state index in [0.29, 0.717) is 29.1 Å². The predicted octanol–water partition coefficient (Wildman–Crippen LogP) is 5.16. The highest BCUT2D eigenvalue weighted by Gasteiger charge is 2.18. The van der Waals surface area contributed by atoms with Crippen LogP contribution in [0.4, 0.5) is 5.69 Å². The van der Waals surface area contributed by atoms with Gasteiger partial charge >= 0.3 is 0 Å². The molecule has 174 valence electrons. The smallest absolute Gasteiger partial charge is 0.161 e. The van der Waals surface area contributed by atoms with E-state index in [1.165, 1.54) is 0 Å². The molecule has 2 aromatic heterocycles. The molecule has 1 fully saturated rings. The molecule has 0 saturated carbocycles. The van der Waals surface area contributed by atoms with Gasteiger partial charge in [0.15, 0.2) is 5.82 Å². The zero-order valence-electron chi connectivity index (χ0n) is 19.0. The van der Waals surface area contributed by atoms with Gasteiger partial charge in [0.05, 0.1) is 12.3 Å². The number of rotatable bonds is 6. The number of aromatic amines is 1. The molecular weight excluding hydrogens is 448 g/mol. The van der Waals surface area contributed by atoms with Gasteiger partial charge in [0.2, 0.25) is 0 Å². The molecule has 0 bridgehead atoms. The molecule has 3 heterocycles. The molecule has 1 aliphatic heterocycles. The minimum atomic E-state index is 0.544. The third kappa shape index (κ3) is 4.90. The number of likely N-dealkylation sites (tertiary alicyclic amines) is 1. The van der Waals surface area contributed by atoms with Crippen molar-refractivity contribution in [2.24, 2.45) is 5.92 Å². The summed E-state index contributed by atoms with van der Waals surface area (Å²) in [5, 5.41) is 8.05. The van der Waals surface area contributed by atoms with Crippen LogP contribution in [-0.2, 0) is 0 Å². The van der Waals surface area contributed by atoms with Crippen molar-refractivity contribution in [1.29, 1.82) is 0 Å². The van der Waals surface area contributed by atoms with Gasteiger partial charge in [-0.3, -0.25) is 5.10 Å². The molecule has 0 unspecified atom stereocenters. The van der Waals surface area contributed by atoms with Crippen LogP contribution in [0, 0.1) is 5.92 Å². The molecule has 7 nitrogen and oxygen atoms in total. The number of nitrogen functional groups attached to an aromatic ring is 1. The van der Waals surface area contributed by atoms with Gasteiger partial charge in [0.25, 0.3) is 0 Å². The lowest BCUT2D eigenvalue weighted by Crippen LogP contribution is -2.32. The summed E-state index contributed by atoms with van der Waals surface area (Å²) in [6, 6.07) is 15.1. The monoisotopic (exact) mass is 474 g/mol. The molecule has 0 spiro atoms. The number of ether oxygens (including phenoxy) is 1. The van der Waals surface area contributed by atoms with E-state index in [2.05, 4.69) is 27.1 Å². The number of benzene rings is 2. The molecule has 5 rings (SSSR count). The lowest BCUT2D eigenvalue weighted by atomic mass is 9.98. The number of nitrogens with one attached hydrogen (secondary N) is 1. The van der Waals surface area contributed by atoms with Crippen molar-refractivity contribution >= 4 is 17.3 Å². The summed E-state index contributed by atoms with van der Waals surface area (Å²) in [6.07, 6.45) is 5.89. The van der Waals surface area contributed by atoms with Crippen LogP contribution < -0.4 is 10.5 Å². The van der Waals surface area contributed by atoms with Crippen LogP contribution in [0.1, 0.15) is 12.8 Å². The number of anilines is 1. The number of aromatic nitrogens is 4. The molecule has 34 heavy (non-hydrogen) atoms. The van der Waals surface area contributed by atoms with Gasteiger partial charge in [-0.05, 0) is 75.3 Å². The van der Waals surface area contributed by atoms with E-state index >= 15 is 0 Å². The van der Waals surface area contributed by atoms with E-state index in [1.54, 1.807) is 6.20 Å². The maximum atomic E-state index is 6.31. The third-order valence-electron chi connectivity index (χ3n) is 6.28. The van der Waals surface area contributed by atoms with Crippen LogP contribution in [0.5, 0.6) is 5.75 Å². The fourth-order valence-electron chi connectivity index (χ4n) is 4.21. The van der Waals surface area contributed by atoms with E-state index in [9.17, 15) is 0 Å². The van der Waals surface area contributed by atoms with Gasteiger partial charge in [0, 0.05) is 39.8 Å². The Bertz CT molecular complexity index is 1260. The standard InChI is InChI=1S/C26H27ClN6O/c1-33-12-9-17(10-13-33)16-34-20-6-7-23(28)21(14-20)26-29-11-8-24(31-26)22-15-30-32-25(22)18-2-4-19(27)5-3-18/h2-8,11,14-15,17H,9-10,12-13,16,28H2,1H3,(H,30,32). The number of nitrogens with two attached hydrogens (primary N) is 1. The maximum absolute atomic E-state index is 6.31. The number of hydrogen-bond donors (Lipinski definition) is 2. The number of nitrogens with zero attached hydrogens (tertiary/aromatic N) is 4. The SMILES string of the molecule is CN1CCC(COc2ccc(N)c(-c3nccc(-c4c[nH]nc4-c4ccc(Cl)cc4)n3)c2)CC1. The second-order valence-corrected chi connectivity index (χ2v) is 9.16. The van der Waals surface area contributed by atoms with E-state index in [-0.39, 0.29) is 0 Å². The second-order valence-electron chi connectivity index (χ2n) is 8.73. The quantitative estimate of drug-likeness (QED) is 0.375. The summed E-state index contributed by atoms with van der Waals surface area (Å²) in [7, 11) is 2.17. The van der Waals surface area contributed by atoms with Gasteiger partial charge in [-0.15, -0.1) is 0 Å². The van der Waals surface area contributed by atoms with E-state index in [1.807, 2.05) is 54.7 Å². The molecule has 0 atom stereocenters. The number of hydrogen-bond acceptors (Lipinski definition) is 6. The van der Waals surface area contributed by atoms with Crippen LogP contribution >= 0.6 is 11.6 Å². The fraction of sp³-hybridized carbons (Fsp3) is 0.269. The molecule has 3 N–H and O–H groups in total. The molecule has 2 aromatic carbocycles. The first kappa shape index (κ1) is 22.4. The first-order valence-corrected chi connectivity index (χ1v) is 11.8.